The van der Waals surface area contributed by atoms with Crippen LogP contribution in [0.3, 0.4) is 0 Å². The fourth-order valence-electron chi connectivity index (χ4n) is 8.26. The summed E-state index contributed by atoms with van der Waals surface area (Å²) >= 11 is 0. The molecule has 0 bridgehead atoms. The Labute approximate surface area is 316 Å². The number of anilines is 2. The van der Waals surface area contributed by atoms with Gasteiger partial charge in [0, 0.05) is 33.5 Å². The summed E-state index contributed by atoms with van der Waals surface area (Å²) in [6.07, 6.45) is 6.52. The lowest BCUT2D eigenvalue weighted by atomic mass is 9.99. The van der Waals surface area contributed by atoms with Gasteiger partial charge >= 0.3 is 0 Å². The van der Waals surface area contributed by atoms with Crippen LogP contribution in [0.25, 0.3) is 71.7 Å². The number of rotatable bonds is 7. The zero-order valence-electron chi connectivity index (χ0n) is 29.9. The van der Waals surface area contributed by atoms with Crippen LogP contribution in [0.4, 0.5) is 11.4 Å². The van der Waals surface area contributed by atoms with Gasteiger partial charge in [0.1, 0.15) is 0 Å². The third kappa shape index (κ3) is 5.70. The van der Waals surface area contributed by atoms with Crippen LogP contribution in [0.15, 0.2) is 212 Å². The van der Waals surface area contributed by atoms with Crippen LogP contribution in [0.2, 0.25) is 0 Å². The Bertz CT molecular complexity index is 2840. The summed E-state index contributed by atoms with van der Waals surface area (Å²) in [6.45, 7) is 0. The summed E-state index contributed by atoms with van der Waals surface area (Å²) < 4.78 is 2.49. The molecule has 0 spiro atoms. The molecule has 0 radical (unpaired) electrons. The first-order valence-corrected chi connectivity index (χ1v) is 18.8. The van der Waals surface area contributed by atoms with Crippen molar-refractivity contribution in [2.24, 2.45) is 0 Å². The number of benzene rings is 8. The molecule has 0 saturated carbocycles. The van der Waals surface area contributed by atoms with Gasteiger partial charge in [-0.25, -0.2) is 0 Å². The summed E-state index contributed by atoms with van der Waals surface area (Å²) in [5.41, 5.74) is 14.7. The standard InChI is InChI=1S/C52H38N2/c1-3-12-37(13-4-1)39-22-24-40(25-23-39)41-26-29-44(30-27-41)53(47-18-11-17-43(36-47)38-14-5-2-6-15-38)45-31-33-46(34-32-45)54-50-21-10-9-20-49(50)52-48-19-8-7-16-42(48)28-35-51(52)54/h1-31,33,35-36H,32,34H2. The van der Waals surface area contributed by atoms with Crippen LogP contribution >= 0.6 is 0 Å². The molecular weight excluding hydrogens is 653 g/mol. The fourth-order valence-corrected chi connectivity index (χ4v) is 8.26. The Morgan fingerprint density at radius 2 is 0.944 bits per heavy atom. The number of allylic oxidation sites excluding steroid dienone is 4. The van der Waals surface area contributed by atoms with E-state index in [2.05, 4.69) is 216 Å². The highest BCUT2D eigenvalue weighted by Gasteiger charge is 2.21. The Balaban J connectivity index is 1.05. The van der Waals surface area contributed by atoms with E-state index in [1.807, 2.05) is 0 Å². The van der Waals surface area contributed by atoms with Gasteiger partial charge < -0.3 is 9.47 Å². The maximum Gasteiger partial charge on any atom is 0.0544 e. The molecule has 0 saturated heterocycles. The number of hydrogen-bond acceptors (Lipinski definition) is 1. The highest BCUT2D eigenvalue weighted by Crippen LogP contribution is 2.41. The van der Waals surface area contributed by atoms with Crippen molar-refractivity contribution in [1.82, 2.24) is 4.57 Å². The molecule has 1 aromatic heterocycles. The highest BCUT2D eigenvalue weighted by atomic mass is 15.2. The number of fused-ring (bicyclic) bond motifs is 5. The van der Waals surface area contributed by atoms with Gasteiger partial charge in [0.05, 0.1) is 11.0 Å². The first-order valence-electron chi connectivity index (χ1n) is 18.8. The number of nitrogens with zero attached hydrogens (tertiary/aromatic N) is 2. The molecule has 0 unspecified atom stereocenters. The largest absolute Gasteiger partial charge is 0.314 e. The lowest BCUT2D eigenvalue weighted by Crippen LogP contribution is -2.18. The van der Waals surface area contributed by atoms with Crippen molar-refractivity contribution in [3.05, 3.63) is 212 Å². The lowest BCUT2D eigenvalue weighted by Gasteiger charge is -2.30. The van der Waals surface area contributed by atoms with Crippen molar-refractivity contribution in [3.8, 4) is 33.4 Å². The van der Waals surface area contributed by atoms with Gasteiger partial charge in [-0.05, 0) is 106 Å². The smallest absolute Gasteiger partial charge is 0.0544 e. The van der Waals surface area contributed by atoms with Crippen molar-refractivity contribution in [1.29, 1.82) is 0 Å². The van der Waals surface area contributed by atoms with Gasteiger partial charge in [-0.15, -0.1) is 0 Å². The van der Waals surface area contributed by atoms with Gasteiger partial charge in [-0.1, -0.05) is 158 Å². The molecule has 0 atom stereocenters. The monoisotopic (exact) mass is 690 g/mol. The zero-order valence-corrected chi connectivity index (χ0v) is 29.9. The summed E-state index contributed by atoms with van der Waals surface area (Å²) in [6, 6.07) is 70.3. The molecule has 2 nitrogen and oxygen atoms in total. The van der Waals surface area contributed by atoms with Gasteiger partial charge in [-0.3, -0.25) is 0 Å². The minimum atomic E-state index is 0.908. The maximum atomic E-state index is 2.49. The van der Waals surface area contributed by atoms with E-state index in [0.717, 1.165) is 24.2 Å². The molecule has 1 heterocycles. The molecule has 1 aliphatic carbocycles. The van der Waals surface area contributed by atoms with E-state index in [0.29, 0.717) is 0 Å². The first-order chi connectivity index (χ1) is 26.8. The second-order valence-electron chi connectivity index (χ2n) is 14.1. The van der Waals surface area contributed by atoms with Gasteiger partial charge in [0.25, 0.3) is 0 Å². The average molecular weight is 691 g/mol. The normalized spacial score (nSPS) is 12.9. The van der Waals surface area contributed by atoms with Crippen molar-refractivity contribution < 1.29 is 0 Å². The van der Waals surface area contributed by atoms with Crippen molar-refractivity contribution in [3.63, 3.8) is 0 Å². The summed E-state index contributed by atoms with van der Waals surface area (Å²) in [5, 5.41) is 5.21. The van der Waals surface area contributed by atoms with Crippen molar-refractivity contribution in [2.75, 3.05) is 4.90 Å². The first kappa shape index (κ1) is 31.8. The van der Waals surface area contributed by atoms with E-state index in [9.17, 15) is 0 Å². The minimum Gasteiger partial charge on any atom is -0.314 e. The third-order valence-corrected chi connectivity index (χ3v) is 10.9. The molecule has 1 aliphatic rings. The van der Waals surface area contributed by atoms with Crippen LogP contribution < -0.4 is 4.90 Å². The number of para-hydroxylation sites is 1. The van der Waals surface area contributed by atoms with Crippen LogP contribution in [0, 0.1) is 0 Å². The Morgan fingerprint density at radius 1 is 0.370 bits per heavy atom. The molecule has 0 N–H and O–H groups in total. The molecule has 9 aromatic rings. The van der Waals surface area contributed by atoms with E-state index >= 15 is 0 Å². The summed E-state index contributed by atoms with van der Waals surface area (Å²) in [4.78, 5) is 2.45. The number of hydrogen-bond donors (Lipinski definition) is 0. The fraction of sp³-hybridized carbons (Fsp3) is 0.0385. The predicted octanol–water partition coefficient (Wildman–Crippen LogP) is 14.3. The van der Waals surface area contributed by atoms with E-state index in [1.165, 1.54) is 77.4 Å². The second kappa shape index (κ2) is 13.6. The topological polar surface area (TPSA) is 8.17 Å². The van der Waals surface area contributed by atoms with E-state index in [1.54, 1.807) is 0 Å². The highest BCUT2D eigenvalue weighted by molar-refractivity contribution is 6.21. The van der Waals surface area contributed by atoms with Crippen molar-refractivity contribution in [2.45, 2.75) is 12.8 Å². The van der Waals surface area contributed by atoms with Gasteiger partial charge in [0.2, 0.25) is 0 Å². The zero-order chi connectivity index (χ0) is 35.8. The molecule has 0 fully saturated rings. The molecule has 8 aromatic carbocycles. The second-order valence-corrected chi connectivity index (χ2v) is 14.1. The van der Waals surface area contributed by atoms with Crippen LogP contribution in [-0.4, -0.2) is 4.57 Å². The minimum absolute atomic E-state index is 0.908. The molecule has 54 heavy (non-hydrogen) atoms. The average Bonchev–Trinajstić information content (AvgIpc) is 3.60. The van der Waals surface area contributed by atoms with Crippen LogP contribution in [0.5, 0.6) is 0 Å². The molecule has 256 valence electrons. The third-order valence-electron chi connectivity index (χ3n) is 10.9. The van der Waals surface area contributed by atoms with E-state index in [4.69, 9.17) is 0 Å². The molecule has 0 aliphatic heterocycles. The van der Waals surface area contributed by atoms with Gasteiger partial charge in [0.15, 0.2) is 0 Å². The molecule has 2 heteroatoms. The van der Waals surface area contributed by atoms with E-state index in [-0.39, 0.29) is 0 Å². The van der Waals surface area contributed by atoms with Crippen molar-refractivity contribution >= 4 is 49.7 Å². The summed E-state index contributed by atoms with van der Waals surface area (Å²) in [5.74, 6) is 0. The Morgan fingerprint density at radius 3 is 1.63 bits per heavy atom. The Hall–Kier alpha value is -6.90. The molecular formula is C52H38N2. The van der Waals surface area contributed by atoms with Crippen LogP contribution in [0.1, 0.15) is 12.8 Å². The SMILES string of the molecule is C1=C(N(c2ccc(-c3ccc(-c4ccccc4)cc3)cc2)c2cccc(-c3ccccc3)c2)CCC(n2c3ccccc3c3c4ccccc4ccc32)=C1. The van der Waals surface area contributed by atoms with Crippen LogP contribution in [-0.2, 0) is 0 Å². The quantitative estimate of drug-likeness (QED) is 0.162. The maximum absolute atomic E-state index is 2.49. The van der Waals surface area contributed by atoms with E-state index < -0.39 is 0 Å². The Kier molecular flexibility index (Phi) is 8.00. The molecule has 0 amide bonds. The molecule has 10 rings (SSSR count). The lowest BCUT2D eigenvalue weighted by molar-refractivity contribution is 0.895. The summed E-state index contributed by atoms with van der Waals surface area (Å²) in [7, 11) is 0. The van der Waals surface area contributed by atoms with Gasteiger partial charge in [-0.2, -0.15) is 0 Å². The number of aromatic nitrogens is 1. The predicted molar refractivity (Wildman–Crippen MR) is 230 cm³/mol.